The Morgan fingerprint density at radius 3 is 2.40 bits per heavy atom. The van der Waals surface area contributed by atoms with Crippen LogP contribution < -0.4 is 20.1 Å². The van der Waals surface area contributed by atoms with Gasteiger partial charge in [0.2, 0.25) is 5.91 Å². The number of nitrogens with one attached hydrogen (secondary N) is 2. The first-order valence-electron chi connectivity index (χ1n) is 9.13. The third-order valence-electron chi connectivity index (χ3n) is 4.08. The Kier molecular flexibility index (Phi) is 10.3. The maximum Gasteiger partial charge on any atom is 0.224 e. The molecule has 1 amide bonds. The molecule has 1 aromatic carbocycles. The van der Waals surface area contributed by atoms with E-state index in [0.29, 0.717) is 31.3 Å². The van der Waals surface area contributed by atoms with Crippen molar-refractivity contribution in [3.63, 3.8) is 0 Å². The predicted molar refractivity (Wildman–Crippen MR) is 104 cm³/mol. The standard InChI is InChI=1S/C19H30N2O3.ClH/c1-3-11-23-17-6-5-16(14-18(17)24-12-4-2)21-19(22)13-15-7-9-20-10-8-15;/h5-6,14-15,20H,3-4,7-13H2,1-2H3,(H,21,22);1H. The summed E-state index contributed by atoms with van der Waals surface area (Å²) in [7, 11) is 0. The molecule has 0 aromatic heterocycles. The summed E-state index contributed by atoms with van der Waals surface area (Å²) in [6, 6.07) is 5.62. The average Bonchev–Trinajstić information content (AvgIpc) is 2.60. The number of carbonyl (C=O) groups is 1. The molecule has 142 valence electrons. The third kappa shape index (κ3) is 7.53. The van der Waals surface area contributed by atoms with Crippen LogP contribution in [0.15, 0.2) is 18.2 Å². The van der Waals surface area contributed by atoms with Crippen LogP contribution in [0.25, 0.3) is 0 Å². The Labute approximate surface area is 157 Å². The molecule has 0 atom stereocenters. The maximum atomic E-state index is 12.3. The second kappa shape index (κ2) is 12.0. The SMILES string of the molecule is CCCOc1ccc(NC(=O)CC2CCNCC2)cc1OCCC.Cl. The first kappa shape index (κ1) is 21.6. The lowest BCUT2D eigenvalue weighted by molar-refractivity contribution is -0.117. The Hall–Kier alpha value is -1.46. The van der Waals surface area contributed by atoms with E-state index in [2.05, 4.69) is 24.5 Å². The van der Waals surface area contributed by atoms with E-state index in [1.54, 1.807) is 0 Å². The fraction of sp³-hybridized carbons (Fsp3) is 0.632. The second-order valence-electron chi connectivity index (χ2n) is 6.30. The number of carbonyl (C=O) groups excluding carboxylic acids is 1. The number of halogens is 1. The van der Waals surface area contributed by atoms with Crippen molar-refractivity contribution in [2.75, 3.05) is 31.6 Å². The van der Waals surface area contributed by atoms with E-state index in [-0.39, 0.29) is 18.3 Å². The zero-order chi connectivity index (χ0) is 17.2. The van der Waals surface area contributed by atoms with Gasteiger partial charge in [0.25, 0.3) is 0 Å². The number of piperidine rings is 1. The van der Waals surface area contributed by atoms with Gasteiger partial charge in [-0.25, -0.2) is 0 Å². The van der Waals surface area contributed by atoms with Gasteiger partial charge >= 0.3 is 0 Å². The largest absolute Gasteiger partial charge is 0.490 e. The van der Waals surface area contributed by atoms with Crippen LogP contribution >= 0.6 is 12.4 Å². The molecular formula is C19H31ClN2O3. The summed E-state index contributed by atoms with van der Waals surface area (Å²) < 4.78 is 11.5. The van der Waals surface area contributed by atoms with E-state index in [1.165, 1.54) is 0 Å². The van der Waals surface area contributed by atoms with E-state index < -0.39 is 0 Å². The van der Waals surface area contributed by atoms with Crippen molar-refractivity contribution in [2.24, 2.45) is 5.92 Å². The summed E-state index contributed by atoms with van der Waals surface area (Å²) in [6.07, 6.45) is 4.60. The van der Waals surface area contributed by atoms with E-state index in [4.69, 9.17) is 9.47 Å². The normalized spacial score (nSPS) is 14.5. The van der Waals surface area contributed by atoms with Gasteiger partial charge in [-0.05, 0) is 56.8 Å². The molecule has 2 N–H and O–H groups in total. The molecule has 1 aliphatic heterocycles. The number of benzene rings is 1. The molecule has 2 rings (SSSR count). The highest BCUT2D eigenvalue weighted by Gasteiger charge is 2.17. The van der Waals surface area contributed by atoms with Crippen molar-refractivity contribution in [2.45, 2.75) is 46.0 Å². The molecule has 25 heavy (non-hydrogen) atoms. The number of anilines is 1. The van der Waals surface area contributed by atoms with Crippen LogP contribution in [0.2, 0.25) is 0 Å². The number of rotatable bonds is 9. The summed E-state index contributed by atoms with van der Waals surface area (Å²) >= 11 is 0. The van der Waals surface area contributed by atoms with Gasteiger partial charge in [0.15, 0.2) is 11.5 Å². The highest BCUT2D eigenvalue weighted by atomic mass is 35.5. The van der Waals surface area contributed by atoms with Gasteiger partial charge in [-0.3, -0.25) is 4.79 Å². The fourth-order valence-electron chi connectivity index (χ4n) is 2.80. The molecule has 5 nitrogen and oxygen atoms in total. The summed E-state index contributed by atoms with van der Waals surface area (Å²) in [5.74, 6) is 1.99. The number of hydrogen-bond donors (Lipinski definition) is 2. The van der Waals surface area contributed by atoms with Gasteiger partial charge in [0, 0.05) is 18.2 Å². The van der Waals surface area contributed by atoms with E-state index in [9.17, 15) is 4.79 Å². The zero-order valence-electron chi connectivity index (χ0n) is 15.3. The smallest absolute Gasteiger partial charge is 0.224 e. The molecule has 1 fully saturated rings. The molecule has 6 heteroatoms. The zero-order valence-corrected chi connectivity index (χ0v) is 16.1. The molecule has 0 saturated carbocycles. The first-order chi connectivity index (χ1) is 11.7. The van der Waals surface area contributed by atoms with Crippen molar-refractivity contribution in [3.05, 3.63) is 18.2 Å². The molecule has 0 spiro atoms. The molecule has 1 saturated heterocycles. The Balaban J connectivity index is 0.00000312. The van der Waals surface area contributed by atoms with Crippen LogP contribution in [0.1, 0.15) is 46.0 Å². The first-order valence-corrected chi connectivity index (χ1v) is 9.13. The molecule has 0 bridgehead atoms. The van der Waals surface area contributed by atoms with Crippen molar-refractivity contribution >= 4 is 24.0 Å². The van der Waals surface area contributed by atoms with Gasteiger partial charge in [0.05, 0.1) is 13.2 Å². The van der Waals surface area contributed by atoms with Crippen LogP contribution in [-0.4, -0.2) is 32.2 Å². The van der Waals surface area contributed by atoms with Crippen molar-refractivity contribution in [1.29, 1.82) is 0 Å². The van der Waals surface area contributed by atoms with Gasteiger partial charge in [-0.1, -0.05) is 13.8 Å². The molecule has 0 unspecified atom stereocenters. The van der Waals surface area contributed by atoms with E-state index in [1.807, 2.05) is 18.2 Å². The highest BCUT2D eigenvalue weighted by Crippen LogP contribution is 2.31. The number of ether oxygens (including phenoxy) is 2. The van der Waals surface area contributed by atoms with E-state index in [0.717, 1.165) is 50.2 Å². The lowest BCUT2D eigenvalue weighted by atomic mass is 9.94. The molecular weight excluding hydrogens is 340 g/mol. The van der Waals surface area contributed by atoms with Gasteiger partial charge in [-0.2, -0.15) is 0 Å². The Bertz CT molecular complexity index is 519. The Morgan fingerprint density at radius 2 is 1.76 bits per heavy atom. The molecule has 0 aliphatic carbocycles. The minimum absolute atomic E-state index is 0. The van der Waals surface area contributed by atoms with Crippen molar-refractivity contribution in [1.82, 2.24) is 5.32 Å². The monoisotopic (exact) mass is 370 g/mol. The minimum atomic E-state index is 0. The molecule has 1 heterocycles. The number of hydrogen-bond acceptors (Lipinski definition) is 4. The highest BCUT2D eigenvalue weighted by molar-refractivity contribution is 5.91. The third-order valence-corrected chi connectivity index (χ3v) is 4.08. The topological polar surface area (TPSA) is 59.6 Å². The van der Waals surface area contributed by atoms with Crippen LogP contribution in [0.5, 0.6) is 11.5 Å². The molecule has 0 radical (unpaired) electrons. The predicted octanol–water partition coefficient (Wildman–Crippen LogP) is 4.01. The number of amides is 1. The lowest BCUT2D eigenvalue weighted by Gasteiger charge is -2.22. The Morgan fingerprint density at radius 1 is 1.12 bits per heavy atom. The van der Waals surface area contributed by atoms with Crippen molar-refractivity contribution in [3.8, 4) is 11.5 Å². The fourth-order valence-corrected chi connectivity index (χ4v) is 2.80. The molecule has 1 aliphatic rings. The van der Waals surface area contributed by atoms with Crippen LogP contribution in [0, 0.1) is 5.92 Å². The average molecular weight is 371 g/mol. The summed E-state index contributed by atoms with van der Waals surface area (Å²) in [5.41, 5.74) is 0.767. The van der Waals surface area contributed by atoms with Crippen molar-refractivity contribution < 1.29 is 14.3 Å². The minimum Gasteiger partial charge on any atom is -0.490 e. The summed E-state index contributed by atoms with van der Waals surface area (Å²) in [4.78, 5) is 12.3. The van der Waals surface area contributed by atoms with Crippen LogP contribution in [0.4, 0.5) is 5.69 Å². The van der Waals surface area contributed by atoms with E-state index >= 15 is 0 Å². The summed E-state index contributed by atoms with van der Waals surface area (Å²) in [5, 5.41) is 6.32. The van der Waals surface area contributed by atoms with Gasteiger partial charge in [-0.15, -0.1) is 12.4 Å². The maximum absolute atomic E-state index is 12.3. The lowest BCUT2D eigenvalue weighted by Crippen LogP contribution is -2.30. The van der Waals surface area contributed by atoms with Crippen LogP contribution in [0.3, 0.4) is 0 Å². The van der Waals surface area contributed by atoms with Crippen LogP contribution in [-0.2, 0) is 4.79 Å². The molecule has 1 aromatic rings. The second-order valence-corrected chi connectivity index (χ2v) is 6.30. The van der Waals surface area contributed by atoms with Gasteiger partial charge < -0.3 is 20.1 Å². The van der Waals surface area contributed by atoms with Gasteiger partial charge in [0.1, 0.15) is 0 Å². The quantitative estimate of drug-likeness (QED) is 0.689. The summed E-state index contributed by atoms with van der Waals surface area (Å²) in [6.45, 7) is 7.45.